The van der Waals surface area contributed by atoms with E-state index in [1.807, 2.05) is 38.0 Å². The fraction of sp³-hybridized carbons (Fsp3) is 0.462. The summed E-state index contributed by atoms with van der Waals surface area (Å²) in [6.45, 7) is 4.13. The van der Waals surface area contributed by atoms with Crippen molar-refractivity contribution in [1.29, 1.82) is 0 Å². The van der Waals surface area contributed by atoms with Gasteiger partial charge in [-0.25, -0.2) is 9.97 Å². The lowest BCUT2D eigenvalue weighted by Gasteiger charge is -2.08. The second kappa shape index (κ2) is 5.69. The zero-order chi connectivity index (χ0) is 13.8. The monoisotopic (exact) mass is 260 g/mol. The van der Waals surface area contributed by atoms with Crippen LogP contribution in [0.1, 0.15) is 25.4 Å². The van der Waals surface area contributed by atoms with Crippen LogP contribution in [0.15, 0.2) is 12.3 Å². The molecular formula is C13H20N6. The van der Waals surface area contributed by atoms with Crippen LogP contribution in [0.5, 0.6) is 0 Å². The number of nitrogens with zero attached hydrogens (tertiary/aromatic N) is 4. The first kappa shape index (κ1) is 13.3. The van der Waals surface area contributed by atoms with E-state index in [1.165, 1.54) is 0 Å². The summed E-state index contributed by atoms with van der Waals surface area (Å²) in [6.07, 6.45) is 3.65. The van der Waals surface area contributed by atoms with Crippen LogP contribution in [-0.2, 0) is 19.9 Å². The van der Waals surface area contributed by atoms with E-state index in [0.717, 1.165) is 41.7 Å². The molecule has 6 heteroatoms. The molecule has 0 amide bonds. The van der Waals surface area contributed by atoms with Crippen LogP contribution in [0.4, 0.5) is 17.3 Å². The largest absolute Gasteiger partial charge is 0.373 e. The Balaban J connectivity index is 2.31. The maximum Gasteiger partial charge on any atom is 0.136 e. The average molecular weight is 260 g/mol. The Morgan fingerprint density at radius 2 is 1.89 bits per heavy atom. The van der Waals surface area contributed by atoms with Crippen LogP contribution < -0.4 is 10.6 Å². The molecule has 2 N–H and O–H groups in total. The van der Waals surface area contributed by atoms with Gasteiger partial charge in [-0.15, -0.1) is 0 Å². The van der Waals surface area contributed by atoms with Crippen LogP contribution in [0, 0.1) is 0 Å². The molecule has 0 fully saturated rings. The van der Waals surface area contributed by atoms with Gasteiger partial charge in [0.05, 0.1) is 11.4 Å². The highest BCUT2D eigenvalue weighted by molar-refractivity contribution is 5.60. The van der Waals surface area contributed by atoms with Gasteiger partial charge in [0.2, 0.25) is 0 Å². The quantitative estimate of drug-likeness (QED) is 0.862. The fourth-order valence-electron chi connectivity index (χ4n) is 1.89. The molecule has 2 heterocycles. The molecule has 0 saturated heterocycles. The SMILES string of the molecule is CCc1nc(NC)cc(Nc2cn(C)nc2CC)n1. The lowest BCUT2D eigenvalue weighted by Crippen LogP contribution is -2.03. The molecule has 2 rings (SSSR count). The van der Waals surface area contributed by atoms with E-state index in [0.29, 0.717) is 0 Å². The van der Waals surface area contributed by atoms with Crippen molar-refractivity contribution in [2.75, 3.05) is 17.7 Å². The standard InChI is InChI=1S/C13H20N6/c1-5-9-10(8-19(4)18-9)15-13-7-12(14-3)16-11(6-2)17-13/h7-8H,5-6H2,1-4H3,(H2,14,15,16,17). The molecule has 0 aliphatic heterocycles. The Hall–Kier alpha value is -2.11. The van der Waals surface area contributed by atoms with Crippen LogP contribution in [0.2, 0.25) is 0 Å². The highest BCUT2D eigenvalue weighted by Gasteiger charge is 2.08. The van der Waals surface area contributed by atoms with Gasteiger partial charge in [0.25, 0.3) is 0 Å². The lowest BCUT2D eigenvalue weighted by molar-refractivity contribution is 0.746. The number of hydrogen-bond donors (Lipinski definition) is 2. The molecule has 0 spiro atoms. The third-order valence-corrected chi connectivity index (χ3v) is 2.85. The Labute approximate surface area is 113 Å². The number of rotatable bonds is 5. The third kappa shape index (κ3) is 3.01. The van der Waals surface area contributed by atoms with Crippen LogP contribution >= 0.6 is 0 Å². The molecule has 0 aliphatic carbocycles. The van der Waals surface area contributed by atoms with E-state index in [1.54, 1.807) is 0 Å². The molecule has 2 aromatic rings. The van der Waals surface area contributed by atoms with Crippen molar-refractivity contribution in [3.8, 4) is 0 Å². The first-order valence-electron chi connectivity index (χ1n) is 6.51. The summed E-state index contributed by atoms with van der Waals surface area (Å²) in [5, 5.41) is 10.8. The Morgan fingerprint density at radius 3 is 2.53 bits per heavy atom. The Kier molecular flexibility index (Phi) is 3.99. The molecule has 0 aliphatic rings. The number of hydrogen-bond acceptors (Lipinski definition) is 5. The summed E-state index contributed by atoms with van der Waals surface area (Å²) < 4.78 is 1.81. The van der Waals surface area contributed by atoms with E-state index in [4.69, 9.17) is 0 Å². The van der Waals surface area contributed by atoms with Crippen molar-refractivity contribution in [2.24, 2.45) is 7.05 Å². The van der Waals surface area contributed by atoms with E-state index >= 15 is 0 Å². The lowest BCUT2D eigenvalue weighted by atomic mass is 10.3. The summed E-state index contributed by atoms with van der Waals surface area (Å²) in [6, 6.07) is 1.89. The van der Waals surface area contributed by atoms with E-state index in [2.05, 4.69) is 32.6 Å². The first-order chi connectivity index (χ1) is 9.16. The average Bonchev–Trinajstić information content (AvgIpc) is 2.78. The maximum absolute atomic E-state index is 4.48. The number of aryl methyl sites for hydroxylation is 3. The van der Waals surface area contributed by atoms with Crippen LogP contribution in [0.3, 0.4) is 0 Å². The summed E-state index contributed by atoms with van der Waals surface area (Å²) in [5.41, 5.74) is 2.03. The molecule has 102 valence electrons. The second-order valence-corrected chi connectivity index (χ2v) is 4.30. The summed E-state index contributed by atoms with van der Waals surface area (Å²) in [4.78, 5) is 8.86. The van der Waals surface area contributed by atoms with Gasteiger partial charge in [-0.1, -0.05) is 13.8 Å². The predicted molar refractivity (Wildman–Crippen MR) is 76.8 cm³/mol. The van der Waals surface area contributed by atoms with Crippen molar-refractivity contribution in [1.82, 2.24) is 19.7 Å². The van der Waals surface area contributed by atoms with E-state index < -0.39 is 0 Å². The van der Waals surface area contributed by atoms with Gasteiger partial charge in [0.1, 0.15) is 17.5 Å². The molecule has 0 atom stereocenters. The highest BCUT2D eigenvalue weighted by atomic mass is 15.3. The van der Waals surface area contributed by atoms with Crippen LogP contribution in [-0.4, -0.2) is 26.8 Å². The first-order valence-corrected chi connectivity index (χ1v) is 6.51. The van der Waals surface area contributed by atoms with Gasteiger partial charge in [-0.2, -0.15) is 5.10 Å². The topological polar surface area (TPSA) is 67.7 Å². The van der Waals surface area contributed by atoms with Crippen molar-refractivity contribution in [2.45, 2.75) is 26.7 Å². The summed E-state index contributed by atoms with van der Waals surface area (Å²) in [7, 11) is 3.77. The predicted octanol–water partition coefficient (Wildman–Crippen LogP) is 2.12. The van der Waals surface area contributed by atoms with E-state index in [9.17, 15) is 0 Å². The van der Waals surface area contributed by atoms with Crippen molar-refractivity contribution in [3.63, 3.8) is 0 Å². The third-order valence-electron chi connectivity index (χ3n) is 2.85. The van der Waals surface area contributed by atoms with Crippen LogP contribution in [0.25, 0.3) is 0 Å². The van der Waals surface area contributed by atoms with Crippen molar-refractivity contribution < 1.29 is 0 Å². The van der Waals surface area contributed by atoms with Gasteiger partial charge in [-0.05, 0) is 6.42 Å². The number of nitrogens with one attached hydrogen (secondary N) is 2. The number of anilines is 3. The van der Waals surface area contributed by atoms with Crippen molar-refractivity contribution >= 4 is 17.3 Å². The zero-order valence-corrected chi connectivity index (χ0v) is 11.9. The highest BCUT2D eigenvalue weighted by Crippen LogP contribution is 2.20. The molecule has 0 radical (unpaired) electrons. The zero-order valence-electron chi connectivity index (χ0n) is 11.9. The second-order valence-electron chi connectivity index (χ2n) is 4.30. The minimum atomic E-state index is 0.791. The molecule has 2 aromatic heterocycles. The van der Waals surface area contributed by atoms with E-state index in [-0.39, 0.29) is 0 Å². The fourth-order valence-corrected chi connectivity index (χ4v) is 1.89. The summed E-state index contributed by atoms with van der Waals surface area (Å²) >= 11 is 0. The maximum atomic E-state index is 4.48. The minimum Gasteiger partial charge on any atom is -0.373 e. The van der Waals surface area contributed by atoms with Gasteiger partial charge >= 0.3 is 0 Å². The Bertz CT molecular complexity index is 538. The van der Waals surface area contributed by atoms with Gasteiger partial charge in [-0.3, -0.25) is 4.68 Å². The molecule has 0 saturated carbocycles. The number of aromatic nitrogens is 4. The van der Waals surface area contributed by atoms with Gasteiger partial charge < -0.3 is 10.6 Å². The van der Waals surface area contributed by atoms with Crippen molar-refractivity contribution in [3.05, 3.63) is 23.8 Å². The molecule has 19 heavy (non-hydrogen) atoms. The van der Waals surface area contributed by atoms with Gasteiger partial charge in [0.15, 0.2) is 0 Å². The smallest absolute Gasteiger partial charge is 0.136 e. The van der Waals surface area contributed by atoms with Gasteiger partial charge in [0, 0.05) is 32.8 Å². The molecular weight excluding hydrogens is 240 g/mol. The minimum absolute atomic E-state index is 0.791. The molecule has 6 nitrogen and oxygen atoms in total. The molecule has 0 unspecified atom stereocenters. The normalized spacial score (nSPS) is 10.5. The Morgan fingerprint density at radius 1 is 1.16 bits per heavy atom. The molecule has 0 aromatic carbocycles. The molecule has 0 bridgehead atoms. The summed E-state index contributed by atoms with van der Waals surface area (Å²) in [5.74, 6) is 2.42.